The molecule has 1 aromatic carbocycles. The standard InChI is InChI=1S/C19H24ClNO3/c1-19(2)10-11-6-12(20)7-16(17(11)24-19)18(22)23-15-8-13-4-5-14(9-15)21(13)3/h6-7,13-15H,4-5,8-10H2,1-3H3/t13-,14+,15?. The van der Waals surface area contributed by atoms with Crippen molar-refractivity contribution in [2.24, 2.45) is 0 Å². The van der Waals surface area contributed by atoms with Gasteiger partial charge in [-0.15, -0.1) is 0 Å². The third-order valence-electron chi connectivity index (χ3n) is 5.67. The second kappa shape index (κ2) is 5.63. The number of nitrogens with zero attached hydrogens (tertiary/aromatic N) is 1. The van der Waals surface area contributed by atoms with Crippen LogP contribution >= 0.6 is 11.6 Å². The van der Waals surface area contributed by atoms with E-state index < -0.39 is 0 Å². The topological polar surface area (TPSA) is 38.8 Å². The highest BCUT2D eigenvalue weighted by Gasteiger charge is 2.41. The molecule has 0 aromatic heterocycles. The molecule has 2 fully saturated rings. The number of ether oxygens (including phenoxy) is 2. The van der Waals surface area contributed by atoms with Gasteiger partial charge in [-0.3, -0.25) is 0 Å². The number of hydrogen-bond acceptors (Lipinski definition) is 4. The van der Waals surface area contributed by atoms with Crippen LogP contribution in [0.15, 0.2) is 12.1 Å². The van der Waals surface area contributed by atoms with Gasteiger partial charge in [0, 0.05) is 41.9 Å². The van der Waals surface area contributed by atoms with Crippen LogP contribution in [0.1, 0.15) is 55.5 Å². The van der Waals surface area contributed by atoms with Crippen molar-refractivity contribution in [2.45, 2.75) is 69.7 Å². The number of fused-ring (bicyclic) bond motifs is 3. The van der Waals surface area contributed by atoms with E-state index in [0.717, 1.165) is 24.8 Å². The quantitative estimate of drug-likeness (QED) is 0.760. The van der Waals surface area contributed by atoms with E-state index in [1.165, 1.54) is 12.8 Å². The lowest BCUT2D eigenvalue weighted by atomic mass is 9.99. The van der Waals surface area contributed by atoms with Crippen LogP contribution in [0.5, 0.6) is 5.75 Å². The largest absolute Gasteiger partial charge is 0.486 e. The molecule has 1 aromatic rings. The highest BCUT2D eigenvalue weighted by atomic mass is 35.5. The van der Waals surface area contributed by atoms with Gasteiger partial charge < -0.3 is 14.4 Å². The minimum Gasteiger partial charge on any atom is -0.486 e. The summed E-state index contributed by atoms with van der Waals surface area (Å²) in [6, 6.07) is 4.65. The number of benzene rings is 1. The lowest BCUT2D eigenvalue weighted by Gasteiger charge is -2.35. The first-order chi connectivity index (χ1) is 11.3. The molecule has 3 aliphatic rings. The first-order valence-corrected chi connectivity index (χ1v) is 9.14. The molecule has 0 saturated carbocycles. The molecule has 4 nitrogen and oxygen atoms in total. The molecule has 0 spiro atoms. The van der Waals surface area contributed by atoms with Crippen molar-refractivity contribution >= 4 is 17.6 Å². The van der Waals surface area contributed by atoms with Gasteiger partial charge in [-0.2, -0.15) is 0 Å². The van der Waals surface area contributed by atoms with Gasteiger partial charge in [0.2, 0.25) is 0 Å². The van der Waals surface area contributed by atoms with Crippen LogP contribution in [0.2, 0.25) is 5.02 Å². The number of halogens is 1. The van der Waals surface area contributed by atoms with Gasteiger partial charge in [-0.05, 0) is 45.9 Å². The molecular weight excluding hydrogens is 326 g/mol. The maximum atomic E-state index is 12.8. The number of piperidine rings is 1. The molecule has 24 heavy (non-hydrogen) atoms. The van der Waals surface area contributed by atoms with E-state index in [0.29, 0.717) is 28.4 Å². The number of rotatable bonds is 2. The maximum Gasteiger partial charge on any atom is 0.342 e. The molecule has 2 bridgehead atoms. The third-order valence-corrected chi connectivity index (χ3v) is 5.89. The minimum atomic E-state index is -0.311. The van der Waals surface area contributed by atoms with Crippen LogP contribution in [0, 0.1) is 0 Å². The molecule has 0 aliphatic carbocycles. The van der Waals surface area contributed by atoms with E-state index in [9.17, 15) is 4.79 Å². The predicted molar refractivity (Wildman–Crippen MR) is 92.9 cm³/mol. The van der Waals surface area contributed by atoms with E-state index in [-0.39, 0.29) is 17.7 Å². The number of hydrogen-bond donors (Lipinski definition) is 0. The Morgan fingerprint density at radius 1 is 1.29 bits per heavy atom. The van der Waals surface area contributed by atoms with E-state index in [1.54, 1.807) is 6.07 Å². The van der Waals surface area contributed by atoms with Crippen molar-refractivity contribution in [1.29, 1.82) is 0 Å². The predicted octanol–water partition coefficient (Wildman–Crippen LogP) is 3.84. The van der Waals surface area contributed by atoms with Crippen LogP contribution in [0.4, 0.5) is 0 Å². The Kier molecular flexibility index (Phi) is 3.81. The average molecular weight is 350 g/mol. The van der Waals surface area contributed by atoms with Gasteiger partial charge in [-0.25, -0.2) is 4.79 Å². The van der Waals surface area contributed by atoms with Crippen LogP contribution in [0.3, 0.4) is 0 Å². The number of esters is 1. The van der Waals surface area contributed by atoms with Gasteiger partial charge in [0.1, 0.15) is 23.0 Å². The molecule has 1 unspecified atom stereocenters. The fourth-order valence-corrected chi connectivity index (χ4v) is 4.74. The summed E-state index contributed by atoms with van der Waals surface area (Å²) in [6.45, 7) is 4.04. The molecule has 130 valence electrons. The number of carbonyl (C=O) groups is 1. The van der Waals surface area contributed by atoms with Gasteiger partial charge in [0.05, 0.1) is 0 Å². The van der Waals surface area contributed by atoms with E-state index in [2.05, 4.69) is 11.9 Å². The van der Waals surface area contributed by atoms with Crippen molar-refractivity contribution < 1.29 is 14.3 Å². The highest BCUT2D eigenvalue weighted by Crippen LogP contribution is 2.41. The first kappa shape index (κ1) is 16.2. The zero-order chi connectivity index (χ0) is 17.1. The Bertz CT molecular complexity index is 673. The molecule has 0 radical (unpaired) electrons. The lowest BCUT2D eigenvalue weighted by molar-refractivity contribution is -0.000925. The maximum absolute atomic E-state index is 12.8. The van der Waals surface area contributed by atoms with Crippen molar-refractivity contribution in [2.75, 3.05) is 7.05 Å². The van der Waals surface area contributed by atoms with Crippen LogP contribution in [0.25, 0.3) is 0 Å². The fourth-order valence-electron chi connectivity index (χ4n) is 4.50. The molecule has 3 heterocycles. The van der Waals surface area contributed by atoms with Crippen molar-refractivity contribution in [3.63, 3.8) is 0 Å². The Morgan fingerprint density at radius 2 is 1.96 bits per heavy atom. The fraction of sp³-hybridized carbons (Fsp3) is 0.632. The zero-order valence-corrected chi connectivity index (χ0v) is 15.2. The van der Waals surface area contributed by atoms with E-state index >= 15 is 0 Å². The Labute approximate surface area is 148 Å². The van der Waals surface area contributed by atoms with E-state index in [1.807, 2.05) is 19.9 Å². The molecular formula is C19H24ClNO3. The summed E-state index contributed by atoms with van der Waals surface area (Å²) in [4.78, 5) is 15.2. The third kappa shape index (κ3) is 2.80. The summed E-state index contributed by atoms with van der Waals surface area (Å²) in [5.74, 6) is 0.339. The second-order valence-corrected chi connectivity index (χ2v) is 8.47. The first-order valence-electron chi connectivity index (χ1n) is 8.77. The SMILES string of the molecule is CN1[C@@H]2CC[C@H]1CC(OC(=O)c1cc(Cl)cc3c1OC(C)(C)C3)C2. The van der Waals surface area contributed by atoms with Crippen molar-refractivity contribution in [3.8, 4) is 5.75 Å². The molecule has 4 rings (SSSR count). The Balaban J connectivity index is 1.54. The molecule has 3 atom stereocenters. The monoisotopic (exact) mass is 349 g/mol. The smallest absolute Gasteiger partial charge is 0.342 e. The van der Waals surface area contributed by atoms with Crippen LogP contribution < -0.4 is 4.74 Å². The van der Waals surface area contributed by atoms with Crippen LogP contribution in [-0.4, -0.2) is 41.7 Å². The van der Waals surface area contributed by atoms with Crippen molar-refractivity contribution in [3.05, 3.63) is 28.3 Å². The number of carbonyl (C=O) groups excluding carboxylic acids is 1. The van der Waals surface area contributed by atoms with Gasteiger partial charge in [0.25, 0.3) is 0 Å². The van der Waals surface area contributed by atoms with Crippen LogP contribution in [-0.2, 0) is 11.2 Å². The molecule has 2 saturated heterocycles. The van der Waals surface area contributed by atoms with Gasteiger partial charge in [-0.1, -0.05) is 11.6 Å². The molecule has 0 N–H and O–H groups in total. The highest BCUT2D eigenvalue weighted by molar-refractivity contribution is 6.31. The van der Waals surface area contributed by atoms with Crippen molar-refractivity contribution in [1.82, 2.24) is 4.90 Å². The zero-order valence-electron chi connectivity index (χ0n) is 14.5. The molecule has 5 heteroatoms. The summed E-state index contributed by atoms with van der Waals surface area (Å²) >= 11 is 6.21. The lowest BCUT2D eigenvalue weighted by Crippen LogP contribution is -2.43. The summed E-state index contributed by atoms with van der Waals surface area (Å²) in [6.07, 6.45) is 5.01. The Hall–Kier alpha value is -1.26. The summed E-state index contributed by atoms with van der Waals surface area (Å²) in [7, 11) is 2.18. The van der Waals surface area contributed by atoms with Gasteiger partial charge >= 0.3 is 5.97 Å². The normalized spacial score (nSPS) is 30.8. The summed E-state index contributed by atoms with van der Waals surface area (Å²) in [5.41, 5.74) is 1.14. The molecule has 3 aliphatic heterocycles. The second-order valence-electron chi connectivity index (χ2n) is 8.03. The average Bonchev–Trinajstić information content (AvgIpc) is 2.88. The Morgan fingerprint density at radius 3 is 2.62 bits per heavy atom. The molecule has 0 amide bonds. The summed E-state index contributed by atoms with van der Waals surface area (Å²) < 4.78 is 11.8. The van der Waals surface area contributed by atoms with Gasteiger partial charge in [0.15, 0.2) is 0 Å². The van der Waals surface area contributed by atoms with E-state index in [4.69, 9.17) is 21.1 Å². The summed E-state index contributed by atoms with van der Waals surface area (Å²) in [5, 5.41) is 0.561. The minimum absolute atomic E-state index is 0.00440.